The first-order valence-corrected chi connectivity index (χ1v) is 10.5. The number of benzene rings is 1. The number of aliphatic hydroxyl groups is 1. The summed E-state index contributed by atoms with van der Waals surface area (Å²) in [5, 5.41) is 10.8. The number of allylic oxidation sites excluding steroid dienone is 3. The Hall–Kier alpha value is -0.821. The molecule has 1 aliphatic rings. The van der Waals surface area contributed by atoms with Gasteiger partial charge in [0.05, 0.1) is 0 Å². The number of hydrogen-bond acceptors (Lipinski definition) is 1. The van der Waals surface area contributed by atoms with Crippen LogP contribution in [0, 0.1) is 11.8 Å². The maximum atomic E-state index is 10.8. The molecule has 2 heteroatoms. The summed E-state index contributed by atoms with van der Waals surface area (Å²) in [6.45, 7) is 8.67. The third kappa shape index (κ3) is 5.64. The van der Waals surface area contributed by atoms with E-state index >= 15 is 0 Å². The molecule has 0 heterocycles. The fourth-order valence-electron chi connectivity index (χ4n) is 3.09. The SMILES string of the molecule is CC(C)=CCC[C@@H](C)C1C=CC(C)(O)C([Se]c2ccccc2)C1. The molecular weight excluding hydrogens is 347 g/mol. The Labute approximate surface area is 148 Å². The average molecular weight is 377 g/mol. The van der Waals surface area contributed by atoms with E-state index in [1.54, 1.807) is 0 Å². The van der Waals surface area contributed by atoms with Crippen LogP contribution in [-0.2, 0) is 0 Å². The van der Waals surface area contributed by atoms with Crippen LogP contribution in [0.3, 0.4) is 0 Å². The predicted molar refractivity (Wildman–Crippen MR) is 101 cm³/mol. The van der Waals surface area contributed by atoms with Crippen LogP contribution in [0.5, 0.6) is 0 Å². The molecular formula is C21H30OSe. The van der Waals surface area contributed by atoms with Gasteiger partial charge in [-0.25, -0.2) is 0 Å². The van der Waals surface area contributed by atoms with Gasteiger partial charge in [0.15, 0.2) is 0 Å². The number of hydrogen-bond donors (Lipinski definition) is 1. The first-order chi connectivity index (χ1) is 10.9. The molecule has 0 saturated carbocycles. The Kier molecular flexibility index (Phi) is 6.71. The van der Waals surface area contributed by atoms with E-state index in [0.29, 0.717) is 31.6 Å². The Morgan fingerprint density at radius 2 is 2.04 bits per heavy atom. The fourth-order valence-corrected chi connectivity index (χ4v) is 5.77. The van der Waals surface area contributed by atoms with Crippen LogP contribution in [0.25, 0.3) is 0 Å². The molecule has 0 spiro atoms. The standard InChI is InChI=1S/C21H30OSe/c1-16(2)9-8-10-17(3)18-13-14-21(4,22)20(15-18)23-19-11-6-5-7-12-19/h5-7,9,11-14,17-18,20,22H,8,10,15H2,1-4H3/t17-,18?,20?,21?/m1/s1. The van der Waals surface area contributed by atoms with Crippen molar-refractivity contribution in [3.05, 3.63) is 54.1 Å². The first kappa shape index (κ1) is 18.5. The summed E-state index contributed by atoms with van der Waals surface area (Å²) < 4.78 is 1.39. The molecule has 1 N–H and O–H groups in total. The molecule has 0 bridgehead atoms. The molecule has 4 atom stereocenters. The minimum absolute atomic E-state index is 0.313. The van der Waals surface area contributed by atoms with E-state index in [0.717, 1.165) is 6.42 Å². The van der Waals surface area contributed by atoms with Gasteiger partial charge in [-0.15, -0.1) is 0 Å². The van der Waals surface area contributed by atoms with Crippen molar-refractivity contribution >= 4 is 19.4 Å². The van der Waals surface area contributed by atoms with Gasteiger partial charge in [-0.2, -0.15) is 0 Å². The van der Waals surface area contributed by atoms with Crippen LogP contribution >= 0.6 is 0 Å². The average Bonchev–Trinajstić information content (AvgIpc) is 2.50. The topological polar surface area (TPSA) is 20.2 Å². The van der Waals surface area contributed by atoms with E-state index in [-0.39, 0.29) is 0 Å². The molecule has 126 valence electrons. The third-order valence-corrected chi connectivity index (χ3v) is 7.89. The van der Waals surface area contributed by atoms with Crippen molar-refractivity contribution in [2.24, 2.45) is 11.8 Å². The first-order valence-electron chi connectivity index (χ1n) is 8.65. The summed E-state index contributed by atoms with van der Waals surface area (Å²) in [5.41, 5.74) is 0.746. The van der Waals surface area contributed by atoms with Crippen LogP contribution in [0.2, 0.25) is 4.82 Å². The Morgan fingerprint density at radius 3 is 2.70 bits per heavy atom. The zero-order chi connectivity index (χ0) is 16.9. The van der Waals surface area contributed by atoms with Crippen molar-refractivity contribution in [1.29, 1.82) is 0 Å². The normalized spacial score (nSPS) is 28.4. The molecule has 1 aliphatic carbocycles. The Morgan fingerprint density at radius 1 is 1.35 bits per heavy atom. The van der Waals surface area contributed by atoms with Gasteiger partial charge in [0.2, 0.25) is 0 Å². The van der Waals surface area contributed by atoms with Gasteiger partial charge in [0.1, 0.15) is 0 Å². The molecule has 0 amide bonds. The van der Waals surface area contributed by atoms with E-state index in [9.17, 15) is 5.11 Å². The molecule has 0 aromatic heterocycles. The molecule has 0 fully saturated rings. The minimum atomic E-state index is -0.661. The molecule has 3 unspecified atom stereocenters. The summed E-state index contributed by atoms with van der Waals surface area (Å²) in [6, 6.07) is 10.7. The van der Waals surface area contributed by atoms with Gasteiger partial charge in [0.25, 0.3) is 0 Å². The van der Waals surface area contributed by atoms with Crippen LogP contribution < -0.4 is 4.46 Å². The van der Waals surface area contributed by atoms with Crippen LogP contribution in [0.1, 0.15) is 47.0 Å². The van der Waals surface area contributed by atoms with E-state index < -0.39 is 5.60 Å². The summed E-state index contributed by atoms with van der Waals surface area (Å²) in [4.78, 5) is 0.360. The quantitative estimate of drug-likeness (QED) is 0.571. The van der Waals surface area contributed by atoms with E-state index in [2.05, 4.69) is 69.3 Å². The van der Waals surface area contributed by atoms with Crippen molar-refractivity contribution in [3.63, 3.8) is 0 Å². The second-order valence-electron chi connectivity index (χ2n) is 7.24. The Balaban J connectivity index is 2.00. The maximum absolute atomic E-state index is 10.8. The second kappa shape index (κ2) is 8.33. The van der Waals surface area contributed by atoms with Crippen molar-refractivity contribution in [2.45, 2.75) is 57.4 Å². The molecule has 2 rings (SSSR count). The molecule has 0 aliphatic heterocycles. The van der Waals surface area contributed by atoms with Crippen LogP contribution in [-0.4, -0.2) is 25.7 Å². The summed E-state index contributed by atoms with van der Waals surface area (Å²) in [6.07, 6.45) is 10.2. The second-order valence-corrected chi connectivity index (χ2v) is 9.92. The van der Waals surface area contributed by atoms with E-state index in [1.807, 2.05) is 6.92 Å². The van der Waals surface area contributed by atoms with E-state index in [1.165, 1.54) is 22.9 Å². The summed E-state index contributed by atoms with van der Waals surface area (Å²) in [5.74, 6) is 1.27. The third-order valence-electron chi connectivity index (χ3n) is 4.75. The zero-order valence-corrected chi connectivity index (χ0v) is 16.5. The van der Waals surface area contributed by atoms with Gasteiger partial charge in [-0.3, -0.25) is 0 Å². The van der Waals surface area contributed by atoms with Crippen molar-refractivity contribution < 1.29 is 5.11 Å². The van der Waals surface area contributed by atoms with Crippen LogP contribution in [0.4, 0.5) is 0 Å². The van der Waals surface area contributed by atoms with Crippen molar-refractivity contribution in [3.8, 4) is 0 Å². The Bertz CT molecular complexity index is 540. The summed E-state index contributed by atoms with van der Waals surface area (Å²) >= 11 is 0.313. The van der Waals surface area contributed by atoms with Gasteiger partial charge in [-0.1, -0.05) is 0 Å². The molecule has 0 saturated heterocycles. The predicted octanol–water partition coefficient (Wildman–Crippen LogP) is 4.51. The molecule has 23 heavy (non-hydrogen) atoms. The zero-order valence-electron chi connectivity index (χ0n) is 14.8. The monoisotopic (exact) mass is 378 g/mol. The molecule has 1 aromatic carbocycles. The fraction of sp³-hybridized carbons (Fsp3) is 0.524. The summed E-state index contributed by atoms with van der Waals surface area (Å²) in [7, 11) is 0. The van der Waals surface area contributed by atoms with Gasteiger partial charge in [-0.05, 0) is 0 Å². The van der Waals surface area contributed by atoms with Crippen molar-refractivity contribution in [2.75, 3.05) is 0 Å². The van der Waals surface area contributed by atoms with Gasteiger partial charge < -0.3 is 0 Å². The number of rotatable bonds is 6. The van der Waals surface area contributed by atoms with Crippen molar-refractivity contribution in [1.82, 2.24) is 0 Å². The van der Waals surface area contributed by atoms with Gasteiger partial charge in [0, 0.05) is 0 Å². The molecule has 1 aromatic rings. The van der Waals surface area contributed by atoms with Crippen LogP contribution in [0.15, 0.2) is 54.1 Å². The molecule has 1 nitrogen and oxygen atoms in total. The van der Waals surface area contributed by atoms with Gasteiger partial charge >= 0.3 is 148 Å². The van der Waals surface area contributed by atoms with E-state index in [4.69, 9.17) is 0 Å². The molecule has 0 radical (unpaired) electrons.